The van der Waals surface area contributed by atoms with Crippen molar-refractivity contribution in [3.05, 3.63) is 29.3 Å². The van der Waals surface area contributed by atoms with Crippen molar-refractivity contribution in [2.24, 2.45) is 0 Å². The van der Waals surface area contributed by atoms with Crippen LogP contribution < -0.4 is 3.27 Å². The Morgan fingerprint density at radius 3 is 2.57 bits per heavy atom. The fourth-order valence-corrected chi connectivity index (χ4v) is 6.18. The Morgan fingerprint density at radius 2 is 2.00 bits per heavy atom. The molecule has 78 valence electrons. The Labute approximate surface area is 95.2 Å². The predicted octanol–water partition coefficient (Wildman–Crippen LogP) is 2.49. The Morgan fingerprint density at radius 1 is 1.29 bits per heavy atom. The van der Waals surface area contributed by atoms with E-state index in [1.165, 1.54) is 11.1 Å². The second kappa shape index (κ2) is 5.83. The molecular weight excluding hydrogens is 369 g/mol. The molecule has 0 aliphatic carbocycles. The van der Waals surface area contributed by atoms with E-state index < -0.39 is 21.8 Å². The zero-order valence-electron chi connectivity index (χ0n) is 9.50. The third kappa shape index (κ3) is 3.03. The van der Waals surface area contributed by atoms with Crippen molar-refractivity contribution in [3.8, 4) is 0 Å². The van der Waals surface area contributed by atoms with Crippen molar-refractivity contribution in [1.29, 1.82) is 0 Å². The van der Waals surface area contributed by atoms with E-state index in [-0.39, 0.29) is 0 Å². The summed E-state index contributed by atoms with van der Waals surface area (Å²) in [4.78, 5) is 0. The summed E-state index contributed by atoms with van der Waals surface area (Å²) >= 11 is -1.28. The van der Waals surface area contributed by atoms with E-state index >= 15 is 0 Å². The minimum atomic E-state index is -1.28. The first-order valence-corrected chi connectivity index (χ1v) is 13.7. The van der Waals surface area contributed by atoms with Gasteiger partial charge >= 0.3 is 95.4 Å². The van der Waals surface area contributed by atoms with E-state index in [1.807, 2.05) is 6.92 Å². The molecule has 0 unspecified atom stereocenters. The van der Waals surface area contributed by atoms with Gasteiger partial charge in [0.05, 0.1) is 0 Å². The molecule has 14 heavy (non-hydrogen) atoms. The van der Waals surface area contributed by atoms with E-state index in [9.17, 15) is 0 Å². The molecule has 0 spiro atoms. The summed E-state index contributed by atoms with van der Waals surface area (Å²) in [6.45, 7) is 5.85. The maximum atomic E-state index is 5.46. The van der Waals surface area contributed by atoms with Gasteiger partial charge in [0.1, 0.15) is 0 Å². The zero-order valence-corrected chi connectivity index (χ0v) is 13.0. The van der Waals surface area contributed by atoms with Crippen molar-refractivity contribution in [1.82, 2.24) is 0 Å². The summed E-state index contributed by atoms with van der Waals surface area (Å²) < 4.78 is 12.0. The third-order valence-corrected chi connectivity index (χ3v) is 7.99. The first kappa shape index (κ1) is 12.1. The Balaban J connectivity index is 2.89. The van der Waals surface area contributed by atoms with Gasteiger partial charge < -0.3 is 0 Å². The van der Waals surface area contributed by atoms with E-state index in [0.717, 1.165) is 13.2 Å². The SMILES string of the molecule is CCOCc1ccc[c]([Bi]([CH3])[CH3])c1C. The van der Waals surface area contributed by atoms with Gasteiger partial charge in [0.25, 0.3) is 0 Å². The number of ether oxygens (including phenoxy) is 1. The summed E-state index contributed by atoms with van der Waals surface area (Å²) in [5, 5.41) is 0. The predicted molar refractivity (Wildman–Crippen MR) is 63.6 cm³/mol. The molecule has 2 heteroatoms. The first-order chi connectivity index (χ1) is 6.66. The number of hydrogen-bond donors (Lipinski definition) is 0. The molecule has 0 saturated heterocycles. The Kier molecular flexibility index (Phi) is 5.05. The van der Waals surface area contributed by atoms with Crippen LogP contribution >= 0.6 is 0 Å². The van der Waals surface area contributed by atoms with Crippen LogP contribution in [-0.4, -0.2) is 28.4 Å². The molecule has 0 aromatic heterocycles. The van der Waals surface area contributed by atoms with Crippen LogP contribution in [0.3, 0.4) is 0 Å². The summed E-state index contributed by atoms with van der Waals surface area (Å²) in [6.07, 6.45) is 0. The normalized spacial score (nSPS) is 10.9. The molecule has 0 atom stereocenters. The molecule has 1 nitrogen and oxygen atoms in total. The topological polar surface area (TPSA) is 9.23 Å². The summed E-state index contributed by atoms with van der Waals surface area (Å²) in [5.41, 5.74) is 2.84. The summed E-state index contributed by atoms with van der Waals surface area (Å²) in [5.74, 6) is 0. The van der Waals surface area contributed by atoms with Crippen LogP contribution in [-0.2, 0) is 11.3 Å². The first-order valence-electron chi connectivity index (χ1n) is 5.00. The molecule has 0 radical (unpaired) electrons. The molecule has 0 N–H and O–H groups in total. The molecule has 0 bridgehead atoms. The molecule has 1 rings (SSSR count). The summed E-state index contributed by atoms with van der Waals surface area (Å²) in [6, 6.07) is 6.65. The van der Waals surface area contributed by atoms with Crippen LogP contribution in [0.2, 0.25) is 9.26 Å². The van der Waals surface area contributed by atoms with Gasteiger partial charge in [-0.15, -0.1) is 0 Å². The molecule has 0 heterocycles. The van der Waals surface area contributed by atoms with Gasteiger partial charge in [0, 0.05) is 0 Å². The average molecular weight is 388 g/mol. The van der Waals surface area contributed by atoms with Crippen molar-refractivity contribution in [2.75, 3.05) is 6.61 Å². The van der Waals surface area contributed by atoms with Gasteiger partial charge in [0.2, 0.25) is 0 Å². The number of hydrogen-bond acceptors (Lipinski definition) is 1. The van der Waals surface area contributed by atoms with Crippen LogP contribution in [0, 0.1) is 6.92 Å². The van der Waals surface area contributed by atoms with E-state index in [2.05, 4.69) is 34.4 Å². The van der Waals surface area contributed by atoms with Crippen LogP contribution in [0.15, 0.2) is 18.2 Å². The van der Waals surface area contributed by atoms with Crippen molar-refractivity contribution < 1.29 is 4.74 Å². The fourth-order valence-electron chi connectivity index (χ4n) is 1.52. The zero-order chi connectivity index (χ0) is 10.6. The fraction of sp³-hybridized carbons (Fsp3) is 0.500. The Hall–Kier alpha value is 0.0631. The second-order valence-electron chi connectivity index (χ2n) is 3.59. The van der Waals surface area contributed by atoms with Crippen LogP contribution in [0.4, 0.5) is 0 Å². The molecule has 0 amide bonds. The second-order valence-corrected chi connectivity index (χ2v) is 12.4. The third-order valence-electron chi connectivity index (χ3n) is 2.36. The van der Waals surface area contributed by atoms with Crippen molar-refractivity contribution in [2.45, 2.75) is 29.7 Å². The average Bonchev–Trinajstić information content (AvgIpc) is 2.16. The molecule has 0 fully saturated rings. The van der Waals surface area contributed by atoms with E-state index in [4.69, 9.17) is 4.74 Å². The van der Waals surface area contributed by atoms with Crippen molar-refractivity contribution >= 4 is 25.0 Å². The van der Waals surface area contributed by atoms with Gasteiger partial charge in [-0.25, -0.2) is 0 Å². The molecule has 1 aromatic rings. The standard InChI is InChI=1S/C10H13O.2CH3.Bi/c1-3-11-8-10-7-5-4-6-9(10)2;;;/h4-5,7H,3,8H2,1-2H3;2*1H3;. The number of benzene rings is 1. The monoisotopic (exact) mass is 388 g/mol. The molecule has 1 aromatic carbocycles. The molecule has 0 aliphatic heterocycles. The van der Waals surface area contributed by atoms with E-state index in [1.54, 1.807) is 3.27 Å². The van der Waals surface area contributed by atoms with Crippen molar-refractivity contribution in [3.63, 3.8) is 0 Å². The molecule has 0 saturated carbocycles. The Bertz CT molecular complexity index is 294. The van der Waals surface area contributed by atoms with E-state index in [0.29, 0.717) is 0 Å². The maximum absolute atomic E-state index is 5.46. The molecular formula is C12H19BiO. The number of rotatable bonds is 4. The van der Waals surface area contributed by atoms with Crippen LogP contribution in [0.1, 0.15) is 18.1 Å². The summed E-state index contributed by atoms with van der Waals surface area (Å²) in [7, 11) is 0. The van der Waals surface area contributed by atoms with Gasteiger partial charge in [-0.3, -0.25) is 0 Å². The van der Waals surface area contributed by atoms with Gasteiger partial charge in [-0.2, -0.15) is 0 Å². The van der Waals surface area contributed by atoms with Gasteiger partial charge in [-0.05, 0) is 0 Å². The minimum absolute atomic E-state index is 0.772. The molecule has 0 aliphatic rings. The van der Waals surface area contributed by atoms with Gasteiger partial charge in [-0.1, -0.05) is 0 Å². The van der Waals surface area contributed by atoms with Crippen LogP contribution in [0.5, 0.6) is 0 Å². The van der Waals surface area contributed by atoms with Gasteiger partial charge in [0.15, 0.2) is 0 Å². The quantitative estimate of drug-likeness (QED) is 0.721. The van der Waals surface area contributed by atoms with Crippen LogP contribution in [0.25, 0.3) is 0 Å².